The van der Waals surface area contributed by atoms with Crippen molar-refractivity contribution in [2.24, 2.45) is 5.73 Å². The summed E-state index contributed by atoms with van der Waals surface area (Å²) in [5, 5.41) is 3.17. The number of likely N-dealkylation sites (tertiary alicyclic amines) is 1. The van der Waals surface area contributed by atoms with Crippen LogP contribution in [0.1, 0.15) is 56.9 Å². The van der Waals surface area contributed by atoms with Crippen LogP contribution in [0, 0.1) is 0 Å². The van der Waals surface area contributed by atoms with Gasteiger partial charge in [0.15, 0.2) is 0 Å². The Morgan fingerprint density at radius 2 is 1.77 bits per heavy atom. The standard InChI is InChI=1S/C20H31N3O.2ClH/c21-20(12-6-2-7-13-20)19(24)22-15-18-11-5-8-14-23(18)16-17-9-3-1-4-10-17;;/h1,3-4,9-10,18H,2,5-8,11-16,21H2,(H,22,24);2*1H. The second kappa shape index (κ2) is 11.1. The van der Waals surface area contributed by atoms with Crippen molar-refractivity contribution in [3.8, 4) is 0 Å². The van der Waals surface area contributed by atoms with E-state index in [1.54, 1.807) is 0 Å². The Kier molecular flexibility index (Phi) is 9.94. The van der Waals surface area contributed by atoms with E-state index in [1.165, 1.54) is 24.8 Å². The number of carbonyl (C=O) groups excluding carboxylic acids is 1. The molecule has 3 N–H and O–H groups in total. The topological polar surface area (TPSA) is 58.4 Å². The van der Waals surface area contributed by atoms with Gasteiger partial charge in [0.1, 0.15) is 0 Å². The molecule has 148 valence electrons. The van der Waals surface area contributed by atoms with Crippen molar-refractivity contribution in [2.45, 2.75) is 69.5 Å². The van der Waals surface area contributed by atoms with E-state index in [0.717, 1.165) is 51.7 Å². The van der Waals surface area contributed by atoms with E-state index in [1.807, 2.05) is 0 Å². The van der Waals surface area contributed by atoms with E-state index in [9.17, 15) is 4.79 Å². The zero-order valence-electron chi connectivity index (χ0n) is 15.5. The number of hydrogen-bond donors (Lipinski definition) is 2. The summed E-state index contributed by atoms with van der Waals surface area (Å²) in [6.45, 7) is 2.81. The van der Waals surface area contributed by atoms with E-state index in [4.69, 9.17) is 5.73 Å². The number of nitrogens with one attached hydrogen (secondary N) is 1. The first-order valence-corrected chi connectivity index (χ1v) is 9.52. The second-order valence-electron chi connectivity index (χ2n) is 7.53. The maximum absolute atomic E-state index is 12.6. The van der Waals surface area contributed by atoms with Gasteiger partial charge in [0.2, 0.25) is 5.91 Å². The number of benzene rings is 1. The van der Waals surface area contributed by atoms with E-state index < -0.39 is 5.54 Å². The van der Waals surface area contributed by atoms with E-state index in [0.29, 0.717) is 6.04 Å². The molecule has 1 aromatic carbocycles. The van der Waals surface area contributed by atoms with Crippen LogP contribution in [0.2, 0.25) is 0 Å². The van der Waals surface area contributed by atoms with Gasteiger partial charge in [-0.2, -0.15) is 0 Å². The summed E-state index contributed by atoms with van der Waals surface area (Å²) in [7, 11) is 0. The minimum atomic E-state index is -0.628. The molecule has 1 atom stereocenters. The fourth-order valence-corrected chi connectivity index (χ4v) is 4.11. The minimum Gasteiger partial charge on any atom is -0.353 e. The maximum Gasteiger partial charge on any atom is 0.240 e. The fourth-order valence-electron chi connectivity index (χ4n) is 4.11. The Morgan fingerprint density at radius 1 is 1.08 bits per heavy atom. The molecule has 6 heteroatoms. The van der Waals surface area contributed by atoms with Crippen LogP contribution in [0.15, 0.2) is 30.3 Å². The number of amides is 1. The van der Waals surface area contributed by atoms with Crippen molar-refractivity contribution >= 4 is 30.7 Å². The lowest BCUT2D eigenvalue weighted by Crippen LogP contribution is -2.57. The molecule has 0 radical (unpaired) electrons. The summed E-state index contributed by atoms with van der Waals surface area (Å²) in [4.78, 5) is 15.1. The Bertz CT molecular complexity index is 535. The number of nitrogens with zero attached hydrogens (tertiary/aromatic N) is 1. The molecule has 2 aliphatic rings. The van der Waals surface area contributed by atoms with Crippen LogP contribution in [-0.2, 0) is 11.3 Å². The lowest BCUT2D eigenvalue weighted by atomic mass is 9.82. The van der Waals surface area contributed by atoms with Crippen LogP contribution < -0.4 is 11.1 Å². The fraction of sp³-hybridized carbons (Fsp3) is 0.650. The van der Waals surface area contributed by atoms with E-state index in [2.05, 4.69) is 40.5 Å². The highest BCUT2D eigenvalue weighted by Gasteiger charge is 2.35. The maximum atomic E-state index is 12.6. The molecule has 4 nitrogen and oxygen atoms in total. The number of carbonyl (C=O) groups is 1. The minimum absolute atomic E-state index is 0. The first-order valence-electron chi connectivity index (χ1n) is 9.52. The van der Waals surface area contributed by atoms with Crippen molar-refractivity contribution in [3.05, 3.63) is 35.9 Å². The number of hydrogen-bond acceptors (Lipinski definition) is 3. The van der Waals surface area contributed by atoms with Gasteiger partial charge in [-0.1, -0.05) is 56.0 Å². The Labute approximate surface area is 170 Å². The Balaban J connectivity index is 0.00000169. The van der Waals surface area contributed by atoms with Crippen LogP contribution in [0.4, 0.5) is 0 Å². The van der Waals surface area contributed by atoms with Crippen LogP contribution in [0.3, 0.4) is 0 Å². The molecule has 0 bridgehead atoms. The first kappa shape index (κ1) is 23.2. The van der Waals surface area contributed by atoms with Crippen molar-refractivity contribution in [2.75, 3.05) is 13.1 Å². The Morgan fingerprint density at radius 3 is 2.46 bits per heavy atom. The van der Waals surface area contributed by atoms with E-state index >= 15 is 0 Å². The zero-order chi connectivity index (χ0) is 16.8. The first-order chi connectivity index (χ1) is 11.7. The summed E-state index contributed by atoms with van der Waals surface area (Å²) >= 11 is 0. The molecule has 1 unspecified atom stereocenters. The second-order valence-corrected chi connectivity index (χ2v) is 7.53. The number of halogens is 2. The summed E-state index contributed by atoms with van der Waals surface area (Å²) < 4.78 is 0. The van der Waals surface area contributed by atoms with Crippen molar-refractivity contribution in [3.63, 3.8) is 0 Å². The van der Waals surface area contributed by atoms with Crippen LogP contribution in [0.5, 0.6) is 0 Å². The monoisotopic (exact) mass is 401 g/mol. The number of rotatable bonds is 5. The van der Waals surface area contributed by atoms with Gasteiger partial charge in [0.05, 0.1) is 5.54 Å². The van der Waals surface area contributed by atoms with Gasteiger partial charge in [-0.05, 0) is 37.8 Å². The van der Waals surface area contributed by atoms with Crippen LogP contribution in [0.25, 0.3) is 0 Å². The molecule has 1 aromatic rings. The van der Waals surface area contributed by atoms with Gasteiger partial charge in [-0.25, -0.2) is 0 Å². The van der Waals surface area contributed by atoms with Gasteiger partial charge in [-0.3, -0.25) is 9.69 Å². The molecule has 2 fully saturated rings. The molecule has 1 amide bonds. The molecule has 1 heterocycles. The quantitative estimate of drug-likeness (QED) is 0.790. The largest absolute Gasteiger partial charge is 0.353 e. The summed E-state index contributed by atoms with van der Waals surface area (Å²) in [6.07, 6.45) is 8.68. The van der Waals surface area contributed by atoms with Gasteiger partial charge >= 0.3 is 0 Å². The molecule has 1 aliphatic carbocycles. The molecule has 0 spiro atoms. The van der Waals surface area contributed by atoms with Gasteiger partial charge in [0, 0.05) is 19.1 Å². The third-order valence-corrected chi connectivity index (χ3v) is 5.67. The lowest BCUT2D eigenvalue weighted by molar-refractivity contribution is -0.127. The summed E-state index contributed by atoms with van der Waals surface area (Å²) in [6, 6.07) is 11.0. The third kappa shape index (κ3) is 6.12. The lowest BCUT2D eigenvalue weighted by Gasteiger charge is -2.37. The SMILES string of the molecule is Cl.Cl.NC1(C(=O)NCC2CCCCN2Cc2ccccc2)CCCCC1. The highest BCUT2D eigenvalue weighted by molar-refractivity contribution is 5.86. The average Bonchev–Trinajstić information content (AvgIpc) is 2.62. The molecule has 3 rings (SSSR count). The van der Waals surface area contributed by atoms with Crippen LogP contribution >= 0.6 is 24.8 Å². The third-order valence-electron chi connectivity index (χ3n) is 5.67. The van der Waals surface area contributed by atoms with Crippen molar-refractivity contribution in [1.82, 2.24) is 10.2 Å². The average molecular weight is 402 g/mol. The normalized spacial score (nSPS) is 22.6. The molecule has 26 heavy (non-hydrogen) atoms. The van der Waals surface area contributed by atoms with Gasteiger partial charge in [0.25, 0.3) is 0 Å². The molecular formula is C20H33Cl2N3O. The van der Waals surface area contributed by atoms with Crippen molar-refractivity contribution < 1.29 is 4.79 Å². The molecule has 1 saturated carbocycles. The van der Waals surface area contributed by atoms with Gasteiger partial charge in [-0.15, -0.1) is 24.8 Å². The van der Waals surface area contributed by atoms with Crippen molar-refractivity contribution in [1.29, 1.82) is 0 Å². The number of piperidine rings is 1. The molecular weight excluding hydrogens is 369 g/mol. The Hall–Kier alpha value is -0.810. The van der Waals surface area contributed by atoms with Crippen LogP contribution in [-0.4, -0.2) is 35.5 Å². The summed E-state index contributed by atoms with van der Waals surface area (Å²) in [5.41, 5.74) is 7.07. The zero-order valence-corrected chi connectivity index (χ0v) is 17.1. The molecule has 1 saturated heterocycles. The predicted octanol–water partition coefficient (Wildman–Crippen LogP) is 3.66. The highest BCUT2D eigenvalue weighted by atomic mass is 35.5. The highest BCUT2D eigenvalue weighted by Crippen LogP contribution is 2.26. The summed E-state index contributed by atoms with van der Waals surface area (Å²) in [5.74, 6) is 0.0624. The van der Waals surface area contributed by atoms with E-state index in [-0.39, 0.29) is 30.7 Å². The van der Waals surface area contributed by atoms with Gasteiger partial charge < -0.3 is 11.1 Å². The smallest absolute Gasteiger partial charge is 0.240 e. The molecule has 1 aliphatic heterocycles. The number of nitrogens with two attached hydrogens (primary N) is 1. The molecule has 0 aromatic heterocycles. The predicted molar refractivity (Wildman–Crippen MR) is 112 cm³/mol.